The van der Waals surface area contributed by atoms with Gasteiger partial charge in [0.1, 0.15) is 22.4 Å². The summed E-state index contributed by atoms with van der Waals surface area (Å²) in [6.07, 6.45) is 4.59. The van der Waals surface area contributed by atoms with Crippen molar-refractivity contribution in [3.63, 3.8) is 0 Å². The molecule has 0 aromatic carbocycles. The Labute approximate surface area is 390 Å². The molecule has 5 fully saturated rings. The summed E-state index contributed by atoms with van der Waals surface area (Å²) in [5.41, 5.74) is 6.72. The van der Waals surface area contributed by atoms with Gasteiger partial charge in [-0.05, 0) is 86.6 Å². The van der Waals surface area contributed by atoms with Crippen LogP contribution in [-0.4, -0.2) is 190 Å². The van der Waals surface area contributed by atoms with Gasteiger partial charge < -0.3 is 36.0 Å². The van der Waals surface area contributed by atoms with Crippen LogP contribution in [0.15, 0.2) is 10.2 Å². The third-order valence-electron chi connectivity index (χ3n) is 14.3. The smallest absolute Gasteiger partial charge is 0.255 e. The number of hydrogen-bond donors (Lipinski definition) is 3. The molecule has 370 valence electrons. The molecule has 0 saturated carbocycles. The van der Waals surface area contributed by atoms with E-state index in [1.54, 1.807) is 14.1 Å². The van der Waals surface area contributed by atoms with Gasteiger partial charge in [-0.1, -0.05) is 55.4 Å². The Morgan fingerprint density at radius 1 is 0.656 bits per heavy atom. The minimum atomic E-state index is -0.354. The number of nitrogens with two attached hydrogens (primary N) is 1. The van der Waals surface area contributed by atoms with Crippen molar-refractivity contribution in [2.24, 2.45) is 55.9 Å². The maximum absolute atomic E-state index is 11.8. The number of fused-ring (bicyclic) bond motifs is 2. The fourth-order valence-electron chi connectivity index (χ4n) is 8.90. The first-order chi connectivity index (χ1) is 29.5. The molecule has 0 aromatic heterocycles. The lowest BCUT2D eigenvalue weighted by molar-refractivity contribution is -0.135. The summed E-state index contributed by atoms with van der Waals surface area (Å²) in [5, 5.41) is 18.4. The maximum Gasteiger partial charge on any atom is 0.255 e. The van der Waals surface area contributed by atoms with Crippen LogP contribution < -0.4 is 16.4 Å². The third kappa shape index (κ3) is 16.9. The zero-order valence-corrected chi connectivity index (χ0v) is 43.9. The number of ketones is 2. The lowest BCUT2D eigenvalue weighted by Crippen LogP contribution is -2.50. The second-order valence-corrected chi connectivity index (χ2v) is 21.9. The van der Waals surface area contributed by atoms with Crippen molar-refractivity contribution >= 4 is 34.8 Å². The molecule has 15 nitrogen and oxygen atoms in total. The van der Waals surface area contributed by atoms with E-state index in [-0.39, 0.29) is 34.0 Å². The molecule has 7 aliphatic rings. The van der Waals surface area contributed by atoms with Gasteiger partial charge in [-0.2, -0.15) is 10.2 Å². The second kappa shape index (κ2) is 25.5. The van der Waals surface area contributed by atoms with Crippen LogP contribution >= 0.6 is 0 Å². The molecule has 0 aromatic rings. The lowest BCUT2D eigenvalue weighted by atomic mass is 9.80. The highest BCUT2D eigenvalue weighted by Crippen LogP contribution is 2.34. The molecule has 0 radical (unpaired) electrons. The second-order valence-electron chi connectivity index (χ2n) is 21.9. The van der Waals surface area contributed by atoms with Gasteiger partial charge in [-0.15, -0.1) is 0 Å². The largest absolute Gasteiger partial charge is 0.328 e. The first kappa shape index (κ1) is 57.5. The first-order valence-corrected chi connectivity index (χ1v) is 24.3. The first-order valence-electron chi connectivity index (χ1n) is 24.3. The molecule has 3 unspecified atom stereocenters. The minimum Gasteiger partial charge on any atom is -0.328 e. The van der Waals surface area contributed by atoms with Gasteiger partial charge in [0.05, 0.1) is 11.4 Å². The topological polar surface area (TPSA) is 163 Å². The molecule has 2 amide bonds. The minimum absolute atomic E-state index is 0.104. The Kier molecular flexibility index (Phi) is 22.9. The number of hydrogen-bond acceptors (Lipinski definition) is 13. The van der Waals surface area contributed by atoms with E-state index in [4.69, 9.17) is 5.73 Å². The van der Waals surface area contributed by atoms with Crippen LogP contribution in [0.25, 0.3) is 0 Å². The normalized spacial score (nSPS) is 30.7. The molecule has 7 rings (SSSR count). The van der Waals surface area contributed by atoms with E-state index >= 15 is 0 Å². The van der Waals surface area contributed by atoms with Crippen molar-refractivity contribution in [2.45, 2.75) is 133 Å². The number of rotatable bonds is 4. The standard InChI is InChI=1S/C12H26N2.C9H15N3O.C8H13N3O.C8H15NO.C7H13NO.C5H13N/c1-9(2)11(4)13-12-6-7-14(5)8-10(12)3;1-9-6-11(2)5-4-7(9)10-12(3)8(9)13;1-8-5-9-4-3-6(8)10-11(2)7(8)12;1-8(2)6-9(3)5-4-7(8)10;1-6-5-8(2)4-3-7(6)9;1-4(2)5(3)6/h9-13H,6-8H2,1-5H3;4-6H2,1-3H3;9H,3-5H2,1-2H3;4-6H2,1-3H3;6H,3-5H2,1-2H3;4-5H,6H2,1-3H3/t10?,11-,12?;9-;8-;;;5-/m000..0/s1. The highest BCUT2D eigenvalue weighted by atomic mass is 16.2. The number of carbonyl (C=O) groups is 4. The Balaban J connectivity index is 0.000000269. The zero-order chi connectivity index (χ0) is 48.9. The van der Waals surface area contributed by atoms with Crippen LogP contribution in [-0.2, 0) is 19.2 Å². The fourth-order valence-corrected chi connectivity index (χ4v) is 8.90. The van der Waals surface area contributed by atoms with Crippen molar-refractivity contribution in [2.75, 3.05) is 108 Å². The summed E-state index contributed by atoms with van der Waals surface area (Å²) < 4.78 is 0. The van der Waals surface area contributed by atoms with Gasteiger partial charge in [-0.3, -0.25) is 19.2 Å². The lowest BCUT2D eigenvalue weighted by Gasteiger charge is -2.37. The summed E-state index contributed by atoms with van der Waals surface area (Å²) in [6, 6.07) is 1.72. The Hall–Kier alpha value is -2.66. The predicted octanol–water partition coefficient (Wildman–Crippen LogP) is 4.36. The van der Waals surface area contributed by atoms with Crippen LogP contribution in [0.5, 0.6) is 0 Å². The van der Waals surface area contributed by atoms with E-state index < -0.39 is 0 Å². The van der Waals surface area contributed by atoms with E-state index in [2.05, 4.69) is 103 Å². The summed E-state index contributed by atoms with van der Waals surface area (Å²) >= 11 is 0. The van der Waals surface area contributed by atoms with E-state index in [1.807, 2.05) is 48.6 Å². The van der Waals surface area contributed by atoms with Crippen LogP contribution in [0.3, 0.4) is 0 Å². The third-order valence-corrected chi connectivity index (χ3v) is 14.3. The Morgan fingerprint density at radius 2 is 1.16 bits per heavy atom. The predicted molar refractivity (Wildman–Crippen MR) is 264 cm³/mol. The number of nitrogens with zero attached hydrogens (tertiary/aromatic N) is 8. The average molecular weight is 902 g/mol. The molecule has 7 heterocycles. The summed E-state index contributed by atoms with van der Waals surface area (Å²) in [7, 11) is 11.8. The van der Waals surface area contributed by atoms with E-state index in [0.717, 1.165) is 107 Å². The van der Waals surface area contributed by atoms with Crippen molar-refractivity contribution < 1.29 is 19.2 Å². The molecule has 64 heavy (non-hydrogen) atoms. The van der Waals surface area contributed by atoms with Gasteiger partial charge in [0.2, 0.25) is 0 Å². The van der Waals surface area contributed by atoms with Crippen LogP contribution in [0.1, 0.15) is 115 Å². The molecule has 4 N–H and O–H groups in total. The molecule has 0 spiro atoms. The molecular formula is C49H95N11O4. The highest BCUT2D eigenvalue weighted by molar-refractivity contribution is 6.13. The van der Waals surface area contributed by atoms with Gasteiger partial charge in [0.15, 0.2) is 0 Å². The maximum atomic E-state index is 11.8. The molecule has 15 heteroatoms. The average Bonchev–Trinajstić information content (AvgIpc) is 3.58. The Bertz CT molecular complexity index is 1580. The summed E-state index contributed by atoms with van der Waals surface area (Å²) in [6.45, 7) is 35.2. The van der Waals surface area contributed by atoms with Crippen LogP contribution in [0.2, 0.25) is 0 Å². The highest BCUT2D eigenvalue weighted by Gasteiger charge is 2.48. The zero-order valence-electron chi connectivity index (χ0n) is 43.9. The number of carbonyl (C=O) groups excluding carboxylic acids is 4. The monoisotopic (exact) mass is 902 g/mol. The number of likely N-dealkylation sites (tertiary alicyclic amines) is 4. The summed E-state index contributed by atoms with van der Waals surface area (Å²) in [5.74, 6) is 3.50. The SMILES string of the molecule is CC(C)[C@H](C)N.CC1CN(C)CCC1=O.CC1CN(C)CCC1N[C@@H](C)C(C)C.CN1CCC(=O)C(C)(C)C1.CN1CCC2=NN(C)C(=O)[C@@]2(C)C1.CN1N=C2CCNC[C@]2(C)C1=O. The molecule has 7 atom stereocenters. The molecule has 0 bridgehead atoms. The number of Topliss-reactive ketones (excluding diaryl/α,β-unsaturated/α-hetero) is 2. The van der Waals surface area contributed by atoms with Crippen molar-refractivity contribution in [3.8, 4) is 0 Å². The van der Waals surface area contributed by atoms with Gasteiger partial charge in [0.25, 0.3) is 11.8 Å². The molecular weight excluding hydrogens is 807 g/mol. The number of hydrazone groups is 2. The van der Waals surface area contributed by atoms with Gasteiger partial charge in [0, 0.05) is 128 Å². The number of amides is 2. The van der Waals surface area contributed by atoms with Crippen LogP contribution in [0.4, 0.5) is 0 Å². The van der Waals surface area contributed by atoms with E-state index in [0.29, 0.717) is 29.6 Å². The van der Waals surface area contributed by atoms with Crippen molar-refractivity contribution in [3.05, 3.63) is 0 Å². The fraction of sp³-hybridized carbons (Fsp3) is 0.878. The van der Waals surface area contributed by atoms with E-state index in [9.17, 15) is 19.2 Å². The quantitative estimate of drug-likeness (QED) is 0.368. The number of nitrogens with one attached hydrogen (secondary N) is 2. The number of piperidine rings is 5. The van der Waals surface area contributed by atoms with E-state index in [1.165, 1.54) is 29.5 Å². The molecule has 5 saturated heterocycles. The van der Waals surface area contributed by atoms with Gasteiger partial charge in [-0.25, -0.2) is 10.0 Å². The van der Waals surface area contributed by atoms with Crippen LogP contribution in [0, 0.1) is 39.9 Å². The summed E-state index contributed by atoms with van der Waals surface area (Å²) in [4.78, 5) is 54.6. The molecule has 7 aliphatic heterocycles. The van der Waals surface area contributed by atoms with Crippen molar-refractivity contribution in [1.29, 1.82) is 0 Å². The Morgan fingerprint density at radius 3 is 1.62 bits per heavy atom. The van der Waals surface area contributed by atoms with Crippen molar-refractivity contribution in [1.82, 2.24) is 40.3 Å². The molecule has 0 aliphatic carbocycles. The van der Waals surface area contributed by atoms with Gasteiger partial charge >= 0.3 is 0 Å².